The fourth-order valence-corrected chi connectivity index (χ4v) is 3.95. The molecule has 0 aliphatic carbocycles. The van der Waals surface area contributed by atoms with Crippen molar-refractivity contribution in [2.75, 3.05) is 25.0 Å². The van der Waals surface area contributed by atoms with Gasteiger partial charge in [0.25, 0.3) is 0 Å². The number of fused-ring (bicyclic) bond motifs is 2. The number of piperidine rings is 1. The Morgan fingerprint density at radius 3 is 2.58 bits per heavy atom. The first kappa shape index (κ1) is 17.1. The van der Waals surface area contributed by atoms with Gasteiger partial charge in [0.05, 0.1) is 0 Å². The van der Waals surface area contributed by atoms with Crippen LogP contribution < -0.4 is 5.32 Å². The summed E-state index contributed by atoms with van der Waals surface area (Å²) >= 11 is 0. The summed E-state index contributed by atoms with van der Waals surface area (Å²) in [6.07, 6.45) is 4.08. The molecular formula is C20H30N2O2. The molecular weight excluding hydrogens is 300 g/mol. The van der Waals surface area contributed by atoms with Crippen LogP contribution in [0.5, 0.6) is 0 Å². The molecule has 1 aromatic carbocycles. The smallest absolute Gasteiger partial charge is 0.410 e. The Bertz CT molecular complexity index is 611. The Balaban J connectivity index is 1.74. The Kier molecular flexibility index (Phi) is 4.50. The number of aryl methyl sites for hydroxylation is 1. The number of rotatable bonds is 1. The molecule has 3 rings (SSSR count). The molecule has 2 aliphatic heterocycles. The maximum atomic E-state index is 12.3. The Morgan fingerprint density at radius 1 is 1.25 bits per heavy atom. The van der Waals surface area contributed by atoms with Crippen molar-refractivity contribution in [3.63, 3.8) is 0 Å². The van der Waals surface area contributed by atoms with Crippen molar-refractivity contribution in [2.24, 2.45) is 0 Å². The standard InChI is InChI=1S/C20H30N2O2/c1-5-15-6-7-16-17(14-15)21-11-8-20(16)9-12-22(13-10-20)18(23)24-19(2,3)4/h6-7,14,21H,5,8-13H2,1-4H3. The number of nitrogens with one attached hydrogen (secondary N) is 1. The molecule has 1 fully saturated rings. The second-order valence-electron chi connectivity index (χ2n) is 8.16. The van der Waals surface area contributed by atoms with Crippen LogP contribution in [0.1, 0.15) is 58.1 Å². The molecule has 2 aliphatic rings. The number of carbonyl (C=O) groups is 1. The van der Waals surface area contributed by atoms with Gasteiger partial charge in [-0.3, -0.25) is 0 Å². The van der Waals surface area contributed by atoms with Gasteiger partial charge in [-0.15, -0.1) is 0 Å². The highest BCUT2D eigenvalue weighted by molar-refractivity contribution is 5.68. The molecule has 24 heavy (non-hydrogen) atoms. The van der Waals surface area contributed by atoms with Crippen molar-refractivity contribution in [3.05, 3.63) is 29.3 Å². The molecule has 0 aromatic heterocycles. The molecule has 1 N–H and O–H groups in total. The number of amides is 1. The van der Waals surface area contributed by atoms with Gasteiger partial charge in [0.15, 0.2) is 0 Å². The Morgan fingerprint density at radius 2 is 1.96 bits per heavy atom. The fourth-order valence-electron chi connectivity index (χ4n) is 3.95. The number of likely N-dealkylation sites (tertiary alicyclic amines) is 1. The van der Waals surface area contributed by atoms with Crippen LogP contribution in [-0.2, 0) is 16.6 Å². The second kappa shape index (κ2) is 6.30. The third kappa shape index (κ3) is 3.38. The second-order valence-corrected chi connectivity index (χ2v) is 8.16. The molecule has 1 spiro atoms. The van der Waals surface area contributed by atoms with E-state index in [1.165, 1.54) is 16.8 Å². The van der Waals surface area contributed by atoms with E-state index in [1.54, 1.807) is 0 Å². The van der Waals surface area contributed by atoms with Crippen molar-refractivity contribution in [1.82, 2.24) is 4.90 Å². The van der Waals surface area contributed by atoms with Crippen LogP contribution >= 0.6 is 0 Å². The largest absolute Gasteiger partial charge is 0.444 e. The molecule has 1 saturated heterocycles. The van der Waals surface area contributed by atoms with Crippen LogP contribution in [0.2, 0.25) is 0 Å². The van der Waals surface area contributed by atoms with Crippen LogP contribution in [0, 0.1) is 0 Å². The SMILES string of the molecule is CCc1ccc2c(c1)NCCC21CCN(C(=O)OC(C)(C)C)CC1. The molecule has 0 radical (unpaired) electrons. The lowest BCUT2D eigenvalue weighted by atomic mass is 9.68. The lowest BCUT2D eigenvalue weighted by molar-refractivity contribution is 0.0159. The average Bonchev–Trinajstić information content (AvgIpc) is 2.54. The summed E-state index contributed by atoms with van der Waals surface area (Å²) in [5.74, 6) is 0. The van der Waals surface area contributed by atoms with Gasteiger partial charge < -0.3 is 15.0 Å². The lowest BCUT2D eigenvalue weighted by Crippen LogP contribution is -2.48. The lowest BCUT2D eigenvalue weighted by Gasteiger charge is -2.45. The van der Waals surface area contributed by atoms with Crippen molar-refractivity contribution < 1.29 is 9.53 Å². The highest BCUT2D eigenvalue weighted by Crippen LogP contribution is 2.45. The first-order valence-electron chi connectivity index (χ1n) is 9.18. The first-order valence-corrected chi connectivity index (χ1v) is 9.18. The minimum Gasteiger partial charge on any atom is -0.444 e. The van der Waals surface area contributed by atoms with E-state index in [4.69, 9.17) is 4.74 Å². The number of carbonyl (C=O) groups excluding carboxylic acids is 1. The van der Waals surface area contributed by atoms with E-state index >= 15 is 0 Å². The van der Waals surface area contributed by atoms with Crippen LogP contribution in [0.15, 0.2) is 18.2 Å². The molecule has 4 heteroatoms. The summed E-state index contributed by atoms with van der Waals surface area (Å²) in [5, 5.41) is 3.57. The molecule has 0 unspecified atom stereocenters. The number of ether oxygens (including phenoxy) is 1. The number of anilines is 1. The third-order valence-electron chi connectivity index (χ3n) is 5.35. The monoisotopic (exact) mass is 330 g/mol. The minimum atomic E-state index is -0.426. The Labute approximate surface area is 145 Å². The van der Waals surface area contributed by atoms with Crippen LogP contribution in [0.4, 0.5) is 10.5 Å². The number of hydrogen-bond acceptors (Lipinski definition) is 3. The predicted octanol–water partition coefficient (Wildman–Crippen LogP) is 4.33. The summed E-state index contributed by atoms with van der Waals surface area (Å²) in [6.45, 7) is 10.5. The normalized spacial score (nSPS) is 19.6. The first-order chi connectivity index (χ1) is 11.3. The minimum absolute atomic E-state index is 0.173. The number of hydrogen-bond donors (Lipinski definition) is 1. The molecule has 2 heterocycles. The van der Waals surface area contributed by atoms with Gasteiger partial charge in [-0.2, -0.15) is 0 Å². The number of benzene rings is 1. The maximum Gasteiger partial charge on any atom is 0.410 e. The molecule has 0 bridgehead atoms. The molecule has 0 atom stereocenters. The van der Waals surface area contributed by atoms with E-state index in [9.17, 15) is 4.79 Å². The van der Waals surface area contributed by atoms with E-state index in [0.29, 0.717) is 0 Å². The van der Waals surface area contributed by atoms with Crippen LogP contribution in [0.3, 0.4) is 0 Å². The van der Waals surface area contributed by atoms with E-state index in [-0.39, 0.29) is 11.5 Å². The average molecular weight is 330 g/mol. The van der Waals surface area contributed by atoms with Gasteiger partial charge >= 0.3 is 6.09 Å². The summed E-state index contributed by atoms with van der Waals surface area (Å²) in [5.41, 5.74) is 3.90. The quantitative estimate of drug-likeness (QED) is 0.833. The maximum absolute atomic E-state index is 12.3. The fraction of sp³-hybridized carbons (Fsp3) is 0.650. The summed E-state index contributed by atoms with van der Waals surface area (Å²) in [7, 11) is 0. The summed E-state index contributed by atoms with van der Waals surface area (Å²) in [4.78, 5) is 14.2. The van der Waals surface area contributed by atoms with Crippen molar-refractivity contribution in [3.8, 4) is 0 Å². The molecule has 1 amide bonds. The Hall–Kier alpha value is -1.71. The van der Waals surface area contributed by atoms with Gasteiger partial charge in [0.1, 0.15) is 5.60 Å². The van der Waals surface area contributed by atoms with Gasteiger partial charge in [-0.1, -0.05) is 19.1 Å². The third-order valence-corrected chi connectivity index (χ3v) is 5.35. The molecule has 4 nitrogen and oxygen atoms in total. The van der Waals surface area contributed by atoms with Crippen LogP contribution in [-0.4, -0.2) is 36.2 Å². The predicted molar refractivity (Wildman–Crippen MR) is 97.6 cm³/mol. The molecule has 0 saturated carbocycles. The highest BCUT2D eigenvalue weighted by Gasteiger charge is 2.41. The summed E-state index contributed by atoms with van der Waals surface area (Å²) in [6, 6.07) is 6.87. The van der Waals surface area contributed by atoms with E-state index in [2.05, 4.69) is 30.4 Å². The van der Waals surface area contributed by atoms with Gasteiger partial charge in [0.2, 0.25) is 0 Å². The van der Waals surface area contributed by atoms with Gasteiger partial charge in [0, 0.05) is 30.7 Å². The van der Waals surface area contributed by atoms with Crippen molar-refractivity contribution in [1.29, 1.82) is 0 Å². The molecule has 1 aromatic rings. The van der Waals surface area contributed by atoms with E-state index < -0.39 is 5.60 Å². The van der Waals surface area contributed by atoms with E-state index in [1.807, 2.05) is 25.7 Å². The molecule has 132 valence electrons. The summed E-state index contributed by atoms with van der Waals surface area (Å²) < 4.78 is 5.53. The zero-order valence-corrected chi connectivity index (χ0v) is 15.4. The van der Waals surface area contributed by atoms with Gasteiger partial charge in [-0.05, 0) is 63.6 Å². The highest BCUT2D eigenvalue weighted by atomic mass is 16.6. The topological polar surface area (TPSA) is 41.6 Å². The van der Waals surface area contributed by atoms with Crippen molar-refractivity contribution in [2.45, 2.75) is 64.4 Å². The zero-order chi connectivity index (χ0) is 17.4. The van der Waals surface area contributed by atoms with E-state index in [0.717, 1.165) is 45.3 Å². The number of nitrogens with zero attached hydrogens (tertiary/aromatic N) is 1. The van der Waals surface area contributed by atoms with Gasteiger partial charge in [-0.25, -0.2) is 4.79 Å². The van der Waals surface area contributed by atoms with Crippen LogP contribution in [0.25, 0.3) is 0 Å². The van der Waals surface area contributed by atoms with Crippen molar-refractivity contribution >= 4 is 11.8 Å². The zero-order valence-electron chi connectivity index (χ0n) is 15.4.